The maximum absolute atomic E-state index is 3.89. The molecule has 0 saturated carbocycles. The molecule has 0 spiro atoms. The van der Waals surface area contributed by atoms with Gasteiger partial charge in [-0.25, -0.2) is 0 Å². The van der Waals surface area contributed by atoms with E-state index >= 15 is 0 Å². The fourth-order valence-corrected chi connectivity index (χ4v) is 0.626. The third-order valence-corrected chi connectivity index (χ3v) is 0.982. The highest BCUT2D eigenvalue weighted by Gasteiger charge is 1.83. The summed E-state index contributed by atoms with van der Waals surface area (Å²) in [5.41, 5.74) is 1.03. The molecule has 0 aliphatic heterocycles. The van der Waals surface area contributed by atoms with Crippen LogP contribution < -0.4 is 5.32 Å². The van der Waals surface area contributed by atoms with Crippen molar-refractivity contribution in [3.8, 4) is 0 Å². The summed E-state index contributed by atoms with van der Waals surface area (Å²) in [7, 11) is 0. The number of aromatic nitrogens is 1. The number of rotatable bonds is 2. The van der Waals surface area contributed by atoms with Gasteiger partial charge >= 0.3 is 0 Å². The smallest absolute Gasteiger partial charge is 0.0532 e. The fourth-order valence-electron chi connectivity index (χ4n) is 0.626. The van der Waals surface area contributed by atoms with Crippen LogP contribution in [0.2, 0.25) is 0 Å². The molecule has 2 nitrogen and oxygen atoms in total. The lowest BCUT2D eigenvalue weighted by atomic mass is 10.4. The Balaban J connectivity index is 2.61. The van der Waals surface area contributed by atoms with Crippen molar-refractivity contribution in [1.82, 2.24) is 4.98 Å². The first-order valence-corrected chi connectivity index (χ1v) is 2.98. The summed E-state index contributed by atoms with van der Waals surface area (Å²) < 4.78 is 0. The van der Waals surface area contributed by atoms with E-state index in [9.17, 15) is 0 Å². The zero-order valence-electron chi connectivity index (χ0n) is 5.39. The first-order valence-electron chi connectivity index (χ1n) is 2.98. The zero-order chi connectivity index (χ0) is 6.53. The lowest BCUT2D eigenvalue weighted by Gasteiger charge is -1.98. The second kappa shape index (κ2) is 3.07. The first kappa shape index (κ1) is 6.08. The molecule has 0 aliphatic carbocycles. The van der Waals surface area contributed by atoms with E-state index in [4.69, 9.17) is 0 Å². The Morgan fingerprint density at radius 2 is 2.67 bits per heavy atom. The van der Waals surface area contributed by atoms with Crippen LogP contribution in [0.15, 0.2) is 18.5 Å². The quantitative estimate of drug-likeness (QED) is 0.638. The van der Waals surface area contributed by atoms with Crippen molar-refractivity contribution in [3.05, 3.63) is 24.5 Å². The van der Waals surface area contributed by atoms with E-state index in [1.807, 2.05) is 13.0 Å². The summed E-state index contributed by atoms with van der Waals surface area (Å²) in [4.78, 5) is 3.89. The summed E-state index contributed by atoms with van der Waals surface area (Å²) >= 11 is 0. The van der Waals surface area contributed by atoms with Gasteiger partial charge in [0.15, 0.2) is 0 Å². The summed E-state index contributed by atoms with van der Waals surface area (Å²) in [6.45, 7) is 2.98. The van der Waals surface area contributed by atoms with Gasteiger partial charge in [0.05, 0.1) is 5.69 Å². The van der Waals surface area contributed by atoms with E-state index in [1.165, 1.54) is 0 Å². The molecule has 1 aromatic heterocycles. The Labute approximate surface area is 54.9 Å². The minimum atomic E-state index is 0.930. The fraction of sp³-hybridized carbons (Fsp3) is 0.286. The molecule has 47 valence electrons. The molecule has 0 saturated heterocycles. The molecule has 1 N–H and O–H groups in total. The SMILES string of the molecule is CCNc1c[c]cnc1. The maximum Gasteiger partial charge on any atom is 0.0532 e. The first-order chi connectivity index (χ1) is 4.43. The summed E-state index contributed by atoms with van der Waals surface area (Å²) in [5.74, 6) is 0. The molecule has 1 rings (SSSR count). The standard InChI is InChI=1S/C7H9N2/c1-2-9-7-4-3-5-8-6-7/h4-6,9H,2H2,1H3. The average molecular weight is 121 g/mol. The lowest BCUT2D eigenvalue weighted by Crippen LogP contribution is -1.95. The number of hydrogen-bond donors (Lipinski definition) is 1. The zero-order valence-corrected chi connectivity index (χ0v) is 5.39. The number of hydrogen-bond acceptors (Lipinski definition) is 2. The highest BCUT2D eigenvalue weighted by Crippen LogP contribution is 1.99. The molecular formula is C7H9N2. The third kappa shape index (κ3) is 1.72. The highest BCUT2D eigenvalue weighted by atomic mass is 14.9. The molecule has 0 unspecified atom stereocenters. The third-order valence-electron chi connectivity index (χ3n) is 0.982. The van der Waals surface area contributed by atoms with Gasteiger partial charge in [0.25, 0.3) is 0 Å². The van der Waals surface area contributed by atoms with Crippen LogP contribution in [0.5, 0.6) is 0 Å². The van der Waals surface area contributed by atoms with E-state index < -0.39 is 0 Å². The van der Waals surface area contributed by atoms with Crippen molar-refractivity contribution in [2.75, 3.05) is 11.9 Å². The monoisotopic (exact) mass is 121 g/mol. The van der Waals surface area contributed by atoms with Crippen LogP contribution in [0.25, 0.3) is 0 Å². The van der Waals surface area contributed by atoms with Crippen molar-refractivity contribution in [1.29, 1.82) is 0 Å². The van der Waals surface area contributed by atoms with Crippen molar-refractivity contribution in [3.63, 3.8) is 0 Å². The Hall–Kier alpha value is -1.05. The summed E-state index contributed by atoms with van der Waals surface area (Å²) in [5, 5.41) is 3.11. The molecule has 9 heavy (non-hydrogen) atoms. The topological polar surface area (TPSA) is 24.9 Å². The van der Waals surface area contributed by atoms with Gasteiger partial charge in [0.2, 0.25) is 0 Å². The van der Waals surface area contributed by atoms with E-state index in [0.29, 0.717) is 0 Å². The van der Waals surface area contributed by atoms with Gasteiger partial charge in [-0.1, -0.05) is 0 Å². The van der Waals surface area contributed by atoms with Crippen LogP contribution in [0.1, 0.15) is 6.92 Å². The van der Waals surface area contributed by atoms with Crippen molar-refractivity contribution < 1.29 is 0 Å². The number of anilines is 1. The van der Waals surface area contributed by atoms with Crippen molar-refractivity contribution in [2.24, 2.45) is 0 Å². The second-order valence-corrected chi connectivity index (χ2v) is 1.70. The Bertz CT molecular complexity index is 160. The molecular weight excluding hydrogens is 112 g/mol. The summed E-state index contributed by atoms with van der Waals surface area (Å²) in [6.07, 6.45) is 3.42. The summed E-state index contributed by atoms with van der Waals surface area (Å²) in [6, 6.07) is 4.74. The van der Waals surface area contributed by atoms with Crippen molar-refractivity contribution >= 4 is 5.69 Å². The number of nitrogens with zero attached hydrogens (tertiary/aromatic N) is 1. The van der Waals surface area contributed by atoms with Gasteiger partial charge in [0, 0.05) is 25.0 Å². The van der Waals surface area contributed by atoms with E-state index in [2.05, 4.69) is 16.4 Å². The Morgan fingerprint density at radius 1 is 1.78 bits per heavy atom. The molecule has 0 aliphatic rings. The van der Waals surface area contributed by atoms with Crippen LogP contribution in [0, 0.1) is 6.07 Å². The van der Waals surface area contributed by atoms with E-state index in [-0.39, 0.29) is 0 Å². The molecule has 1 radical (unpaired) electrons. The van der Waals surface area contributed by atoms with Crippen LogP contribution in [-0.2, 0) is 0 Å². The molecule has 0 aromatic carbocycles. The van der Waals surface area contributed by atoms with E-state index in [0.717, 1.165) is 12.2 Å². The second-order valence-electron chi connectivity index (χ2n) is 1.70. The number of pyridine rings is 1. The normalized spacial score (nSPS) is 9.00. The van der Waals surface area contributed by atoms with Gasteiger partial charge in [-0.2, -0.15) is 0 Å². The molecule has 0 bridgehead atoms. The van der Waals surface area contributed by atoms with Crippen LogP contribution in [-0.4, -0.2) is 11.5 Å². The number of nitrogens with one attached hydrogen (secondary N) is 1. The van der Waals surface area contributed by atoms with Gasteiger partial charge in [-0.15, -0.1) is 0 Å². The van der Waals surface area contributed by atoms with Gasteiger partial charge in [-0.3, -0.25) is 4.98 Å². The van der Waals surface area contributed by atoms with E-state index in [1.54, 1.807) is 12.4 Å². The van der Waals surface area contributed by atoms with Gasteiger partial charge in [-0.05, 0) is 13.0 Å². The van der Waals surface area contributed by atoms with Crippen molar-refractivity contribution in [2.45, 2.75) is 6.92 Å². The molecule has 0 fully saturated rings. The Kier molecular flexibility index (Phi) is 2.07. The van der Waals surface area contributed by atoms with Gasteiger partial charge < -0.3 is 5.32 Å². The molecule has 0 atom stereocenters. The molecule has 0 amide bonds. The largest absolute Gasteiger partial charge is 0.384 e. The van der Waals surface area contributed by atoms with Crippen LogP contribution >= 0.6 is 0 Å². The van der Waals surface area contributed by atoms with Crippen LogP contribution in [0.4, 0.5) is 5.69 Å². The molecule has 2 heteroatoms. The van der Waals surface area contributed by atoms with Gasteiger partial charge in [0.1, 0.15) is 0 Å². The molecule has 1 aromatic rings. The minimum Gasteiger partial charge on any atom is -0.384 e. The van der Waals surface area contributed by atoms with Crippen LogP contribution in [0.3, 0.4) is 0 Å². The predicted molar refractivity (Wildman–Crippen MR) is 37.2 cm³/mol. The highest BCUT2D eigenvalue weighted by molar-refractivity contribution is 5.38. The maximum atomic E-state index is 3.89. The minimum absolute atomic E-state index is 0.930. The Morgan fingerprint density at radius 3 is 3.22 bits per heavy atom. The predicted octanol–water partition coefficient (Wildman–Crippen LogP) is 1.31. The molecule has 1 heterocycles. The lowest BCUT2D eigenvalue weighted by molar-refractivity contribution is 1.19. The average Bonchev–Trinajstić information content (AvgIpc) is 1.91.